The van der Waals surface area contributed by atoms with Gasteiger partial charge >= 0.3 is 6.03 Å². The van der Waals surface area contributed by atoms with Crippen molar-refractivity contribution in [1.29, 1.82) is 0 Å². The summed E-state index contributed by atoms with van der Waals surface area (Å²) in [6, 6.07) is 12.3. The number of urea groups is 1. The van der Waals surface area contributed by atoms with Crippen LogP contribution in [0, 0.1) is 6.92 Å². The molecule has 2 aromatic heterocycles. The second-order valence-corrected chi connectivity index (χ2v) is 9.18. The molecule has 4 nitrogen and oxygen atoms in total. The number of carbonyl (C=O) groups excluding carboxylic acids is 1. The second-order valence-electron chi connectivity index (χ2n) is 8.09. The van der Waals surface area contributed by atoms with E-state index < -0.39 is 0 Å². The van der Waals surface area contributed by atoms with Crippen molar-refractivity contribution in [3.8, 4) is 5.00 Å². The molecular weight excluding hydrogens is 378 g/mol. The number of thiophene rings is 1. The molecule has 2 amide bonds. The molecular formula is C24H27N3OS. The molecule has 0 bridgehead atoms. The highest BCUT2D eigenvalue weighted by Crippen LogP contribution is 2.43. The summed E-state index contributed by atoms with van der Waals surface area (Å²) < 4.78 is 2.34. The Labute approximate surface area is 176 Å². The zero-order chi connectivity index (χ0) is 20.0. The van der Waals surface area contributed by atoms with Crippen LogP contribution < -0.4 is 5.32 Å². The van der Waals surface area contributed by atoms with E-state index in [1.54, 1.807) is 0 Å². The van der Waals surface area contributed by atoms with Crippen LogP contribution in [0.5, 0.6) is 0 Å². The van der Waals surface area contributed by atoms with Gasteiger partial charge in [-0.1, -0.05) is 25.1 Å². The number of carbonyl (C=O) groups is 1. The van der Waals surface area contributed by atoms with Gasteiger partial charge in [0.1, 0.15) is 5.00 Å². The molecule has 1 aliphatic heterocycles. The van der Waals surface area contributed by atoms with Crippen molar-refractivity contribution in [1.82, 2.24) is 9.47 Å². The number of hydrogen-bond donors (Lipinski definition) is 1. The minimum Gasteiger partial charge on any atom is -0.312 e. The first-order valence-electron chi connectivity index (χ1n) is 10.6. The number of para-hydroxylation sites is 1. The lowest BCUT2D eigenvalue weighted by atomic mass is 9.95. The van der Waals surface area contributed by atoms with E-state index in [2.05, 4.69) is 35.1 Å². The Hall–Kier alpha value is -2.53. The summed E-state index contributed by atoms with van der Waals surface area (Å²) in [6.45, 7) is 4.89. The van der Waals surface area contributed by atoms with Gasteiger partial charge in [-0.3, -0.25) is 0 Å². The van der Waals surface area contributed by atoms with Crippen LogP contribution in [0.1, 0.15) is 59.5 Å². The molecule has 1 N–H and O–H groups in total. The number of fused-ring (bicyclic) bond motifs is 5. The van der Waals surface area contributed by atoms with Crippen LogP contribution in [-0.4, -0.2) is 15.5 Å². The van der Waals surface area contributed by atoms with E-state index in [1.165, 1.54) is 46.0 Å². The Balaban J connectivity index is 1.58. The molecule has 0 fully saturated rings. The molecule has 1 aliphatic carbocycles. The summed E-state index contributed by atoms with van der Waals surface area (Å²) >= 11 is 1.94. The number of benzene rings is 1. The smallest absolute Gasteiger partial charge is 0.312 e. The molecule has 3 aromatic rings. The molecule has 0 unspecified atom stereocenters. The summed E-state index contributed by atoms with van der Waals surface area (Å²) in [7, 11) is 0. The Morgan fingerprint density at radius 1 is 1.14 bits per heavy atom. The fourth-order valence-corrected chi connectivity index (χ4v) is 6.21. The van der Waals surface area contributed by atoms with Gasteiger partial charge in [0.05, 0.1) is 12.6 Å². The molecule has 0 spiro atoms. The predicted molar refractivity (Wildman–Crippen MR) is 119 cm³/mol. The number of hydrogen-bond acceptors (Lipinski definition) is 2. The Morgan fingerprint density at radius 2 is 1.97 bits per heavy atom. The van der Waals surface area contributed by atoms with Crippen molar-refractivity contribution in [3.63, 3.8) is 0 Å². The molecule has 3 heterocycles. The average molecular weight is 406 g/mol. The van der Waals surface area contributed by atoms with Crippen molar-refractivity contribution in [2.24, 2.45) is 0 Å². The van der Waals surface area contributed by atoms with E-state index in [9.17, 15) is 4.79 Å². The monoisotopic (exact) mass is 405 g/mol. The molecule has 0 saturated carbocycles. The van der Waals surface area contributed by atoms with Gasteiger partial charge in [-0.05, 0) is 68.4 Å². The van der Waals surface area contributed by atoms with Gasteiger partial charge in [-0.15, -0.1) is 11.3 Å². The summed E-state index contributed by atoms with van der Waals surface area (Å²) in [6.07, 6.45) is 7.91. The van der Waals surface area contributed by atoms with Gasteiger partial charge < -0.3 is 14.8 Å². The van der Waals surface area contributed by atoms with E-state index in [0.717, 1.165) is 24.1 Å². The maximum atomic E-state index is 13.5. The van der Waals surface area contributed by atoms with Gasteiger partial charge in [-0.2, -0.15) is 0 Å². The Kier molecular flexibility index (Phi) is 4.70. The van der Waals surface area contributed by atoms with Gasteiger partial charge in [0.2, 0.25) is 0 Å². The third kappa shape index (κ3) is 3.08. The fraction of sp³-hybridized carbons (Fsp3) is 0.375. The molecule has 2 aliphatic rings. The van der Waals surface area contributed by atoms with Crippen LogP contribution in [0.15, 0.2) is 42.6 Å². The van der Waals surface area contributed by atoms with Crippen LogP contribution in [0.3, 0.4) is 0 Å². The van der Waals surface area contributed by atoms with Crippen LogP contribution in [-0.2, 0) is 19.4 Å². The molecule has 5 rings (SSSR count). The van der Waals surface area contributed by atoms with Crippen LogP contribution in [0.2, 0.25) is 0 Å². The number of aromatic nitrogens is 1. The molecule has 0 radical (unpaired) electrons. The number of nitrogens with one attached hydrogen (secondary N) is 1. The number of anilines is 1. The van der Waals surface area contributed by atoms with E-state index in [0.29, 0.717) is 6.54 Å². The third-order valence-corrected chi connectivity index (χ3v) is 7.67. The van der Waals surface area contributed by atoms with Gasteiger partial charge in [0.25, 0.3) is 0 Å². The summed E-state index contributed by atoms with van der Waals surface area (Å²) in [5.41, 5.74) is 6.05. The van der Waals surface area contributed by atoms with Crippen LogP contribution >= 0.6 is 11.3 Å². The summed E-state index contributed by atoms with van der Waals surface area (Å²) in [5, 5.41) is 4.50. The van der Waals surface area contributed by atoms with Gasteiger partial charge in [0, 0.05) is 28.0 Å². The number of amides is 2. The minimum absolute atomic E-state index is 0.0116. The minimum atomic E-state index is -0.0116. The first-order chi connectivity index (χ1) is 14.2. The largest absolute Gasteiger partial charge is 0.322 e. The van der Waals surface area contributed by atoms with E-state index in [-0.39, 0.29) is 12.1 Å². The van der Waals surface area contributed by atoms with E-state index in [1.807, 2.05) is 47.4 Å². The maximum Gasteiger partial charge on any atom is 0.322 e. The Morgan fingerprint density at radius 3 is 2.79 bits per heavy atom. The fourth-order valence-electron chi connectivity index (χ4n) is 4.81. The van der Waals surface area contributed by atoms with Crippen molar-refractivity contribution < 1.29 is 4.79 Å². The first-order valence-corrected chi connectivity index (χ1v) is 11.4. The second kappa shape index (κ2) is 7.38. The van der Waals surface area contributed by atoms with Crippen LogP contribution in [0.4, 0.5) is 10.5 Å². The summed E-state index contributed by atoms with van der Waals surface area (Å²) in [4.78, 5) is 17.1. The third-order valence-electron chi connectivity index (χ3n) is 6.34. The zero-order valence-corrected chi connectivity index (χ0v) is 17.9. The maximum absolute atomic E-state index is 13.5. The highest BCUT2D eigenvalue weighted by molar-refractivity contribution is 7.15. The topological polar surface area (TPSA) is 37.3 Å². The quantitative estimate of drug-likeness (QED) is 0.539. The molecule has 1 aromatic carbocycles. The lowest BCUT2D eigenvalue weighted by Crippen LogP contribution is -2.37. The lowest BCUT2D eigenvalue weighted by Gasteiger charge is -2.30. The predicted octanol–water partition coefficient (Wildman–Crippen LogP) is 6.22. The standard InChI is InChI=1S/C24H27N3OS/c1-3-20-21-12-8-14-26(21)23-18(17-10-5-7-13-22(17)29-23)15-27(20)24(28)25-19-11-6-4-9-16(19)2/h4,6,8-9,11-12,14,20H,3,5,7,10,13,15H2,1-2H3,(H,25,28)/t20-/m0/s1. The zero-order valence-electron chi connectivity index (χ0n) is 17.1. The van der Waals surface area contributed by atoms with Crippen molar-refractivity contribution in [2.75, 3.05) is 5.32 Å². The molecule has 150 valence electrons. The highest BCUT2D eigenvalue weighted by Gasteiger charge is 2.34. The van der Waals surface area contributed by atoms with Crippen molar-refractivity contribution in [3.05, 3.63) is 69.9 Å². The number of rotatable bonds is 2. The number of nitrogens with zero attached hydrogens (tertiary/aromatic N) is 2. The van der Waals surface area contributed by atoms with E-state index >= 15 is 0 Å². The normalized spacial score (nSPS) is 17.9. The SMILES string of the molecule is CC[C@H]1c2cccn2-c2sc3c(c2CN1C(=O)Nc1ccccc1C)CCCC3. The van der Waals surface area contributed by atoms with E-state index in [4.69, 9.17) is 0 Å². The molecule has 5 heteroatoms. The van der Waals surface area contributed by atoms with Crippen LogP contribution in [0.25, 0.3) is 5.00 Å². The first kappa shape index (κ1) is 18.5. The number of aryl methyl sites for hydroxylation is 2. The highest BCUT2D eigenvalue weighted by atomic mass is 32.1. The molecule has 1 atom stereocenters. The molecule has 29 heavy (non-hydrogen) atoms. The Bertz CT molecular complexity index is 1060. The van der Waals surface area contributed by atoms with Crippen molar-refractivity contribution in [2.45, 2.75) is 58.5 Å². The van der Waals surface area contributed by atoms with Gasteiger partial charge in [0.15, 0.2) is 0 Å². The average Bonchev–Trinajstić information content (AvgIpc) is 3.32. The summed E-state index contributed by atoms with van der Waals surface area (Å²) in [5.74, 6) is 0. The lowest BCUT2D eigenvalue weighted by molar-refractivity contribution is 0.181. The van der Waals surface area contributed by atoms with Crippen molar-refractivity contribution >= 4 is 23.1 Å². The van der Waals surface area contributed by atoms with Gasteiger partial charge in [-0.25, -0.2) is 4.79 Å². The molecule has 0 saturated heterocycles.